The lowest BCUT2D eigenvalue weighted by molar-refractivity contribution is 1.10. The molecule has 0 fully saturated rings. The van der Waals surface area contributed by atoms with Crippen LogP contribution < -0.4 is 5.56 Å². The summed E-state index contributed by atoms with van der Waals surface area (Å²) in [5.41, 5.74) is 1.95. The second-order valence-corrected chi connectivity index (χ2v) is 3.43. The minimum atomic E-state index is -0.409. The molecule has 4 heteroatoms. The molecule has 0 saturated carbocycles. The summed E-state index contributed by atoms with van der Waals surface area (Å²) in [6.45, 7) is 1.97. The van der Waals surface area contributed by atoms with E-state index in [1.807, 2.05) is 37.3 Å². The van der Waals surface area contributed by atoms with E-state index < -0.39 is 5.56 Å². The molecule has 4 nitrogen and oxygen atoms in total. The Balaban J connectivity index is 2.66. The minimum Gasteiger partial charge on any atom is -0.312 e. The van der Waals surface area contributed by atoms with E-state index in [4.69, 9.17) is 5.26 Å². The van der Waals surface area contributed by atoms with Gasteiger partial charge in [-0.3, -0.25) is 4.79 Å². The van der Waals surface area contributed by atoms with E-state index in [1.165, 1.54) is 6.33 Å². The molecule has 1 aromatic heterocycles. The predicted molar refractivity (Wildman–Crippen MR) is 59.7 cm³/mol. The van der Waals surface area contributed by atoms with Crippen molar-refractivity contribution in [1.29, 1.82) is 5.26 Å². The predicted octanol–water partition coefficient (Wildman–Crippen LogP) is 1.62. The average molecular weight is 211 g/mol. The monoisotopic (exact) mass is 211 g/mol. The van der Waals surface area contributed by atoms with Crippen molar-refractivity contribution in [2.24, 2.45) is 0 Å². The largest absolute Gasteiger partial charge is 0.312 e. The summed E-state index contributed by atoms with van der Waals surface area (Å²) >= 11 is 0. The number of hydrogen-bond acceptors (Lipinski definition) is 3. The Morgan fingerprint density at radius 2 is 2.00 bits per heavy atom. The molecule has 16 heavy (non-hydrogen) atoms. The minimum absolute atomic E-state index is 0.0475. The lowest BCUT2D eigenvalue weighted by atomic mass is 10.1. The van der Waals surface area contributed by atoms with Crippen LogP contribution in [-0.4, -0.2) is 9.97 Å². The van der Waals surface area contributed by atoms with Crippen molar-refractivity contribution in [3.8, 4) is 17.3 Å². The van der Waals surface area contributed by atoms with Crippen molar-refractivity contribution in [2.45, 2.75) is 6.92 Å². The van der Waals surface area contributed by atoms with Crippen LogP contribution in [0, 0.1) is 18.3 Å². The molecule has 1 heterocycles. The fourth-order valence-electron chi connectivity index (χ4n) is 1.43. The van der Waals surface area contributed by atoms with Gasteiger partial charge in [0, 0.05) is 5.56 Å². The molecule has 0 aliphatic rings. The molecule has 0 bridgehead atoms. The van der Waals surface area contributed by atoms with Gasteiger partial charge in [0.2, 0.25) is 0 Å². The maximum absolute atomic E-state index is 11.4. The number of H-pyrrole nitrogens is 1. The van der Waals surface area contributed by atoms with Crippen LogP contribution in [0.1, 0.15) is 11.1 Å². The van der Waals surface area contributed by atoms with Crippen LogP contribution in [0.3, 0.4) is 0 Å². The van der Waals surface area contributed by atoms with Crippen LogP contribution in [0.5, 0.6) is 0 Å². The maximum Gasteiger partial charge on any atom is 0.269 e. The summed E-state index contributed by atoms with van der Waals surface area (Å²) in [6, 6.07) is 9.39. The summed E-state index contributed by atoms with van der Waals surface area (Å²) in [7, 11) is 0. The standard InChI is InChI=1S/C12H9N3O/c1-8-2-4-9(5-3-8)11-10(6-13)12(16)15-7-14-11/h2-5,7H,1H3,(H,14,15,16). The van der Waals surface area contributed by atoms with Gasteiger partial charge in [-0.15, -0.1) is 0 Å². The fraction of sp³-hybridized carbons (Fsp3) is 0.0833. The second kappa shape index (κ2) is 3.99. The van der Waals surface area contributed by atoms with Gasteiger partial charge in [0.15, 0.2) is 0 Å². The zero-order valence-electron chi connectivity index (χ0n) is 8.69. The van der Waals surface area contributed by atoms with Gasteiger partial charge in [0.25, 0.3) is 5.56 Å². The number of hydrogen-bond donors (Lipinski definition) is 1. The van der Waals surface area contributed by atoms with Gasteiger partial charge in [-0.2, -0.15) is 5.26 Å². The van der Waals surface area contributed by atoms with E-state index in [0.29, 0.717) is 5.69 Å². The summed E-state index contributed by atoms with van der Waals surface area (Å²) in [5, 5.41) is 8.91. The third kappa shape index (κ3) is 1.71. The zero-order valence-corrected chi connectivity index (χ0v) is 8.69. The van der Waals surface area contributed by atoms with Gasteiger partial charge in [-0.05, 0) is 6.92 Å². The number of nitrogens with one attached hydrogen (secondary N) is 1. The van der Waals surface area contributed by atoms with Gasteiger partial charge in [0.05, 0.1) is 12.0 Å². The van der Waals surface area contributed by atoms with Gasteiger partial charge in [-0.1, -0.05) is 29.8 Å². The zero-order chi connectivity index (χ0) is 11.5. The fourth-order valence-corrected chi connectivity index (χ4v) is 1.43. The van der Waals surface area contributed by atoms with Crippen molar-refractivity contribution in [2.75, 3.05) is 0 Å². The Labute approximate surface area is 92.2 Å². The smallest absolute Gasteiger partial charge is 0.269 e. The highest BCUT2D eigenvalue weighted by atomic mass is 16.1. The Kier molecular flexibility index (Phi) is 2.52. The van der Waals surface area contributed by atoms with Crippen LogP contribution >= 0.6 is 0 Å². The number of rotatable bonds is 1. The molecule has 1 aromatic carbocycles. The number of nitrogens with zero attached hydrogens (tertiary/aromatic N) is 2. The topological polar surface area (TPSA) is 69.5 Å². The SMILES string of the molecule is Cc1ccc(-c2nc[nH]c(=O)c2C#N)cc1. The van der Waals surface area contributed by atoms with Crippen molar-refractivity contribution in [3.63, 3.8) is 0 Å². The molecule has 0 saturated heterocycles. The molecule has 0 amide bonds. The third-order valence-corrected chi connectivity index (χ3v) is 2.29. The number of nitriles is 1. The van der Waals surface area contributed by atoms with Crippen molar-refractivity contribution in [1.82, 2.24) is 9.97 Å². The van der Waals surface area contributed by atoms with E-state index in [1.54, 1.807) is 0 Å². The number of aryl methyl sites for hydroxylation is 1. The summed E-state index contributed by atoms with van der Waals surface area (Å²) in [6.07, 6.45) is 1.30. The van der Waals surface area contributed by atoms with Gasteiger partial charge < -0.3 is 4.98 Å². The van der Waals surface area contributed by atoms with Crippen LogP contribution in [-0.2, 0) is 0 Å². The molecule has 0 atom stereocenters. The van der Waals surface area contributed by atoms with Gasteiger partial charge in [0.1, 0.15) is 11.6 Å². The van der Waals surface area contributed by atoms with Crippen LogP contribution in [0.15, 0.2) is 35.4 Å². The first-order chi connectivity index (χ1) is 7.72. The highest BCUT2D eigenvalue weighted by Gasteiger charge is 2.09. The molecule has 0 unspecified atom stereocenters. The Morgan fingerprint density at radius 3 is 2.62 bits per heavy atom. The third-order valence-electron chi connectivity index (χ3n) is 2.29. The molecular weight excluding hydrogens is 202 g/mol. The Hall–Kier alpha value is -2.41. The molecule has 0 aliphatic carbocycles. The summed E-state index contributed by atoms with van der Waals surface area (Å²) in [4.78, 5) is 17.8. The second-order valence-electron chi connectivity index (χ2n) is 3.43. The van der Waals surface area contributed by atoms with E-state index in [9.17, 15) is 4.79 Å². The Bertz CT molecular complexity index is 605. The first kappa shape index (κ1) is 10.1. The number of aromatic nitrogens is 2. The summed E-state index contributed by atoms with van der Waals surface area (Å²) < 4.78 is 0. The van der Waals surface area contributed by atoms with E-state index in [2.05, 4.69) is 9.97 Å². The molecule has 78 valence electrons. The van der Waals surface area contributed by atoms with Crippen LogP contribution in [0.4, 0.5) is 0 Å². The van der Waals surface area contributed by atoms with E-state index >= 15 is 0 Å². The number of benzene rings is 1. The van der Waals surface area contributed by atoms with Crippen molar-refractivity contribution in [3.05, 3.63) is 52.1 Å². The number of aromatic amines is 1. The van der Waals surface area contributed by atoms with Crippen LogP contribution in [0.2, 0.25) is 0 Å². The molecule has 2 rings (SSSR count). The first-order valence-corrected chi connectivity index (χ1v) is 4.77. The van der Waals surface area contributed by atoms with Gasteiger partial charge in [-0.25, -0.2) is 4.98 Å². The van der Waals surface area contributed by atoms with Crippen LogP contribution in [0.25, 0.3) is 11.3 Å². The highest BCUT2D eigenvalue weighted by Crippen LogP contribution is 2.18. The van der Waals surface area contributed by atoms with Crippen molar-refractivity contribution >= 4 is 0 Å². The molecule has 0 radical (unpaired) electrons. The lowest BCUT2D eigenvalue weighted by Gasteiger charge is -2.02. The normalized spacial score (nSPS) is 9.75. The summed E-state index contributed by atoms with van der Waals surface area (Å²) in [5.74, 6) is 0. The first-order valence-electron chi connectivity index (χ1n) is 4.77. The highest BCUT2D eigenvalue weighted by molar-refractivity contribution is 5.65. The molecule has 2 aromatic rings. The maximum atomic E-state index is 11.4. The molecular formula is C12H9N3O. The van der Waals surface area contributed by atoms with Gasteiger partial charge >= 0.3 is 0 Å². The molecule has 1 N–H and O–H groups in total. The quantitative estimate of drug-likeness (QED) is 0.779. The van der Waals surface area contributed by atoms with Crippen molar-refractivity contribution < 1.29 is 0 Å². The molecule has 0 spiro atoms. The van der Waals surface area contributed by atoms with E-state index in [-0.39, 0.29) is 5.56 Å². The lowest BCUT2D eigenvalue weighted by Crippen LogP contribution is -2.12. The van der Waals surface area contributed by atoms with E-state index in [0.717, 1.165) is 11.1 Å². The Morgan fingerprint density at radius 1 is 1.31 bits per heavy atom. The molecule has 0 aliphatic heterocycles. The average Bonchev–Trinajstić information content (AvgIpc) is 2.30.